The summed E-state index contributed by atoms with van der Waals surface area (Å²) in [6, 6.07) is 33.3. The fourth-order valence-corrected chi connectivity index (χ4v) is 3.17. The van der Waals surface area contributed by atoms with Crippen LogP contribution in [-0.2, 0) is 0 Å². The van der Waals surface area contributed by atoms with Crippen LogP contribution in [0.2, 0.25) is 0 Å². The third-order valence-electron chi connectivity index (χ3n) is 5.09. The van der Waals surface area contributed by atoms with Crippen molar-refractivity contribution in [2.75, 3.05) is 0 Å². The van der Waals surface area contributed by atoms with Crippen molar-refractivity contribution < 1.29 is 4.74 Å². The summed E-state index contributed by atoms with van der Waals surface area (Å²) in [4.78, 5) is 0. The van der Waals surface area contributed by atoms with Crippen LogP contribution in [0, 0.1) is 13.8 Å². The Hall–Kier alpha value is -3.84. The summed E-state index contributed by atoms with van der Waals surface area (Å²) in [7, 11) is 0. The van der Waals surface area contributed by atoms with Gasteiger partial charge >= 0.3 is 0 Å². The van der Waals surface area contributed by atoms with Gasteiger partial charge in [-0.15, -0.1) is 0 Å². The van der Waals surface area contributed by atoms with Gasteiger partial charge in [-0.2, -0.15) is 0 Å². The Bertz CT molecular complexity index is 1060. The van der Waals surface area contributed by atoms with E-state index in [2.05, 4.69) is 111 Å². The second-order valence-electron chi connectivity index (χ2n) is 7.73. The molecule has 0 aromatic heterocycles. The van der Waals surface area contributed by atoms with Crippen LogP contribution in [0.5, 0.6) is 11.5 Å². The van der Waals surface area contributed by atoms with Crippen LogP contribution in [0.15, 0.2) is 97.1 Å². The van der Waals surface area contributed by atoms with Crippen molar-refractivity contribution in [2.24, 2.45) is 0 Å². The summed E-state index contributed by atoms with van der Waals surface area (Å²) in [5.74, 6) is 1.66. The highest BCUT2D eigenvalue weighted by molar-refractivity contribution is 5.71. The van der Waals surface area contributed by atoms with Gasteiger partial charge < -0.3 is 4.74 Å². The van der Waals surface area contributed by atoms with Crippen molar-refractivity contribution >= 4 is 24.3 Å². The largest absolute Gasteiger partial charge is 0.457 e. The van der Waals surface area contributed by atoms with Gasteiger partial charge in [0.2, 0.25) is 0 Å². The molecule has 0 heterocycles. The SMILES string of the molecule is Cc1ccc(/C=C/c2ccc(Oc3ccc(/C=C/c4ccc(C)cc4)cc3)cc2)cc1. The number of hydrogen-bond acceptors (Lipinski definition) is 1. The summed E-state index contributed by atoms with van der Waals surface area (Å²) >= 11 is 0. The quantitative estimate of drug-likeness (QED) is 0.294. The third-order valence-corrected chi connectivity index (χ3v) is 5.09. The molecule has 0 spiro atoms. The van der Waals surface area contributed by atoms with Gasteiger partial charge in [-0.25, -0.2) is 0 Å². The van der Waals surface area contributed by atoms with Crippen molar-refractivity contribution in [3.63, 3.8) is 0 Å². The summed E-state index contributed by atoms with van der Waals surface area (Å²) in [5, 5.41) is 0. The molecule has 152 valence electrons. The minimum atomic E-state index is 0.829. The van der Waals surface area contributed by atoms with Crippen LogP contribution in [0.25, 0.3) is 24.3 Å². The zero-order chi connectivity index (χ0) is 21.5. The average molecular weight is 403 g/mol. The van der Waals surface area contributed by atoms with E-state index in [-0.39, 0.29) is 0 Å². The van der Waals surface area contributed by atoms with Crippen LogP contribution in [0.4, 0.5) is 0 Å². The molecule has 0 bridgehead atoms. The van der Waals surface area contributed by atoms with Gasteiger partial charge in [0.05, 0.1) is 0 Å². The Morgan fingerprint density at radius 2 is 0.645 bits per heavy atom. The molecule has 0 atom stereocenters. The van der Waals surface area contributed by atoms with Gasteiger partial charge in [0.15, 0.2) is 0 Å². The van der Waals surface area contributed by atoms with E-state index in [9.17, 15) is 0 Å². The van der Waals surface area contributed by atoms with E-state index >= 15 is 0 Å². The molecule has 0 unspecified atom stereocenters. The molecule has 0 N–H and O–H groups in total. The van der Waals surface area contributed by atoms with Gasteiger partial charge in [-0.05, 0) is 60.4 Å². The van der Waals surface area contributed by atoms with Crippen LogP contribution < -0.4 is 4.74 Å². The maximum absolute atomic E-state index is 5.99. The molecule has 4 aromatic carbocycles. The molecule has 0 aliphatic heterocycles. The molecule has 31 heavy (non-hydrogen) atoms. The smallest absolute Gasteiger partial charge is 0.127 e. The topological polar surface area (TPSA) is 9.23 Å². The number of ether oxygens (including phenoxy) is 1. The third kappa shape index (κ3) is 6.07. The molecule has 1 heteroatoms. The lowest BCUT2D eigenvalue weighted by atomic mass is 10.1. The van der Waals surface area contributed by atoms with E-state index < -0.39 is 0 Å². The lowest BCUT2D eigenvalue weighted by Gasteiger charge is -2.06. The second kappa shape index (κ2) is 9.77. The molecule has 0 fully saturated rings. The Kier molecular flexibility index (Phi) is 6.44. The maximum Gasteiger partial charge on any atom is 0.127 e. The Morgan fingerprint density at radius 1 is 0.387 bits per heavy atom. The first kappa shape index (κ1) is 20.4. The summed E-state index contributed by atoms with van der Waals surface area (Å²) < 4.78 is 5.99. The Labute approximate surface area is 185 Å². The van der Waals surface area contributed by atoms with Gasteiger partial charge in [0, 0.05) is 0 Å². The lowest BCUT2D eigenvalue weighted by molar-refractivity contribution is 0.482. The predicted molar refractivity (Wildman–Crippen MR) is 133 cm³/mol. The normalized spacial score (nSPS) is 11.3. The van der Waals surface area contributed by atoms with Crippen molar-refractivity contribution in [3.05, 3.63) is 130 Å². The van der Waals surface area contributed by atoms with Gasteiger partial charge in [-0.3, -0.25) is 0 Å². The van der Waals surface area contributed by atoms with E-state index in [1.165, 1.54) is 22.3 Å². The molecule has 1 nitrogen and oxygen atoms in total. The van der Waals surface area contributed by atoms with E-state index in [0.717, 1.165) is 22.6 Å². The van der Waals surface area contributed by atoms with E-state index in [1.807, 2.05) is 24.3 Å². The van der Waals surface area contributed by atoms with Crippen LogP contribution in [0.1, 0.15) is 33.4 Å². The van der Waals surface area contributed by atoms with Crippen LogP contribution in [0.3, 0.4) is 0 Å². The number of hydrogen-bond donors (Lipinski definition) is 0. The molecule has 0 aliphatic carbocycles. The predicted octanol–water partition coefficient (Wildman–Crippen LogP) is 8.44. The zero-order valence-corrected chi connectivity index (χ0v) is 18.0. The first-order valence-electron chi connectivity index (χ1n) is 10.5. The number of aryl methyl sites for hydroxylation is 2. The average Bonchev–Trinajstić information content (AvgIpc) is 2.80. The standard InChI is InChI=1S/C30H26O/c1-23-3-7-25(8-4-23)11-13-27-15-19-29(20-16-27)31-30-21-17-28(18-22-30)14-12-26-9-5-24(2)6-10-26/h3-22H,1-2H3/b13-11+,14-12+. The summed E-state index contributed by atoms with van der Waals surface area (Å²) in [6.07, 6.45) is 8.48. The Morgan fingerprint density at radius 3 is 0.935 bits per heavy atom. The minimum Gasteiger partial charge on any atom is -0.457 e. The van der Waals surface area contributed by atoms with Gasteiger partial charge in [-0.1, -0.05) is 108 Å². The second-order valence-corrected chi connectivity index (χ2v) is 7.73. The Balaban J connectivity index is 1.35. The van der Waals surface area contributed by atoms with E-state index in [4.69, 9.17) is 4.74 Å². The highest BCUT2D eigenvalue weighted by Gasteiger charge is 1.98. The molecular weight excluding hydrogens is 376 g/mol. The lowest BCUT2D eigenvalue weighted by Crippen LogP contribution is -1.84. The fraction of sp³-hybridized carbons (Fsp3) is 0.0667. The zero-order valence-electron chi connectivity index (χ0n) is 18.0. The molecular formula is C30H26O. The maximum atomic E-state index is 5.99. The molecule has 0 radical (unpaired) electrons. The summed E-state index contributed by atoms with van der Waals surface area (Å²) in [5.41, 5.74) is 7.22. The van der Waals surface area contributed by atoms with Crippen molar-refractivity contribution in [2.45, 2.75) is 13.8 Å². The van der Waals surface area contributed by atoms with Crippen molar-refractivity contribution in [1.29, 1.82) is 0 Å². The molecule has 0 amide bonds. The summed E-state index contributed by atoms with van der Waals surface area (Å²) in [6.45, 7) is 4.20. The molecule has 0 saturated carbocycles. The molecule has 4 aromatic rings. The molecule has 4 rings (SSSR count). The molecule has 0 aliphatic rings. The first-order chi connectivity index (χ1) is 15.1. The van der Waals surface area contributed by atoms with E-state index in [0.29, 0.717) is 0 Å². The van der Waals surface area contributed by atoms with Crippen molar-refractivity contribution in [3.8, 4) is 11.5 Å². The van der Waals surface area contributed by atoms with Gasteiger partial charge in [0.25, 0.3) is 0 Å². The monoisotopic (exact) mass is 402 g/mol. The van der Waals surface area contributed by atoms with Gasteiger partial charge in [0.1, 0.15) is 11.5 Å². The highest BCUT2D eigenvalue weighted by atomic mass is 16.5. The number of rotatable bonds is 6. The van der Waals surface area contributed by atoms with Crippen LogP contribution in [-0.4, -0.2) is 0 Å². The van der Waals surface area contributed by atoms with Crippen molar-refractivity contribution in [1.82, 2.24) is 0 Å². The molecule has 0 saturated heterocycles. The first-order valence-corrected chi connectivity index (χ1v) is 10.5. The minimum absolute atomic E-state index is 0.829. The number of benzene rings is 4. The fourth-order valence-electron chi connectivity index (χ4n) is 3.17. The highest BCUT2D eigenvalue weighted by Crippen LogP contribution is 2.23. The van der Waals surface area contributed by atoms with E-state index in [1.54, 1.807) is 0 Å². The van der Waals surface area contributed by atoms with Crippen LogP contribution >= 0.6 is 0 Å².